The molecule has 0 N–H and O–H groups in total. The van der Waals surface area contributed by atoms with Crippen LogP contribution in [0.4, 0.5) is 0 Å². The Morgan fingerprint density at radius 2 is 1.38 bits per heavy atom. The fraction of sp³-hybridized carbons (Fsp3) is 0.150. The van der Waals surface area contributed by atoms with Gasteiger partial charge in [-0.15, -0.1) is 0 Å². The van der Waals surface area contributed by atoms with E-state index in [0.29, 0.717) is 0 Å². The maximum atomic E-state index is 4.74. The molecule has 0 saturated heterocycles. The van der Waals surface area contributed by atoms with Crippen molar-refractivity contribution in [2.75, 3.05) is 0 Å². The van der Waals surface area contributed by atoms with Gasteiger partial charge in [0.1, 0.15) is 5.82 Å². The standard InChI is InChI=1S/C20H18N4/c1-3-24-14(2)23-19-12-17(15-4-8-21-9-5-15)18(13-20(19)24)16-6-10-22-11-7-16/h4-13H,3H2,1-2H3. The first-order valence-corrected chi connectivity index (χ1v) is 8.09. The van der Waals surface area contributed by atoms with Gasteiger partial charge < -0.3 is 4.57 Å². The summed E-state index contributed by atoms with van der Waals surface area (Å²) in [6, 6.07) is 12.6. The van der Waals surface area contributed by atoms with Crippen molar-refractivity contribution in [3.05, 3.63) is 67.0 Å². The third kappa shape index (κ3) is 2.36. The number of aromatic nitrogens is 4. The summed E-state index contributed by atoms with van der Waals surface area (Å²) in [5, 5.41) is 0. The number of fused-ring (bicyclic) bond motifs is 1. The van der Waals surface area contributed by atoms with Crippen LogP contribution in [0.1, 0.15) is 12.7 Å². The van der Waals surface area contributed by atoms with Crippen LogP contribution in [0, 0.1) is 6.92 Å². The Hall–Kier alpha value is -3.01. The van der Waals surface area contributed by atoms with Gasteiger partial charge in [0.2, 0.25) is 0 Å². The normalized spacial score (nSPS) is 11.1. The van der Waals surface area contributed by atoms with Crippen molar-refractivity contribution in [2.45, 2.75) is 20.4 Å². The lowest BCUT2D eigenvalue weighted by Gasteiger charge is -2.11. The number of hydrogen-bond acceptors (Lipinski definition) is 3. The summed E-state index contributed by atoms with van der Waals surface area (Å²) in [4.78, 5) is 13.0. The second-order valence-electron chi connectivity index (χ2n) is 5.76. The number of nitrogens with zero attached hydrogens (tertiary/aromatic N) is 4. The summed E-state index contributed by atoms with van der Waals surface area (Å²) in [5.41, 5.74) is 6.84. The van der Waals surface area contributed by atoms with Crippen LogP contribution in [0.25, 0.3) is 33.3 Å². The quantitative estimate of drug-likeness (QED) is 0.559. The number of imidazole rings is 1. The summed E-state index contributed by atoms with van der Waals surface area (Å²) in [6.45, 7) is 5.12. The summed E-state index contributed by atoms with van der Waals surface area (Å²) in [7, 11) is 0. The van der Waals surface area contributed by atoms with Crippen LogP contribution < -0.4 is 0 Å². The lowest BCUT2D eigenvalue weighted by atomic mass is 9.95. The van der Waals surface area contributed by atoms with Gasteiger partial charge in [0, 0.05) is 31.3 Å². The van der Waals surface area contributed by atoms with E-state index >= 15 is 0 Å². The second kappa shape index (κ2) is 5.89. The minimum Gasteiger partial charge on any atom is -0.328 e. The zero-order valence-electron chi connectivity index (χ0n) is 13.8. The van der Waals surface area contributed by atoms with E-state index in [9.17, 15) is 0 Å². The number of rotatable bonds is 3. The first kappa shape index (κ1) is 14.6. The van der Waals surface area contributed by atoms with E-state index in [-0.39, 0.29) is 0 Å². The molecule has 4 nitrogen and oxygen atoms in total. The minimum atomic E-state index is 0.909. The first-order chi connectivity index (χ1) is 11.8. The largest absolute Gasteiger partial charge is 0.328 e. The van der Waals surface area contributed by atoms with Gasteiger partial charge in [-0.05, 0) is 72.5 Å². The molecular weight excluding hydrogens is 296 g/mol. The van der Waals surface area contributed by atoms with Crippen molar-refractivity contribution in [1.82, 2.24) is 19.5 Å². The Balaban J connectivity index is 2.06. The molecular formula is C20H18N4. The Labute approximate surface area is 140 Å². The van der Waals surface area contributed by atoms with Gasteiger partial charge in [-0.1, -0.05) is 0 Å². The summed E-state index contributed by atoms with van der Waals surface area (Å²) >= 11 is 0. The van der Waals surface area contributed by atoms with Crippen LogP contribution in [0.5, 0.6) is 0 Å². The van der Waals surface area contributed by atoms with E-state index in [1.165, 1.54) is 11.1 Å². The highest BCUT2D eigenvalue weighted by molar-refractivity contribution is 5.93. The fourth-order valence-corrected chi connectivity index (χ4v) is 3.23. The Morgan fingerprint density at radius 3 is 1.92 bits per heavy atom. The molecule has 0 saturated carbocycles. The molecule has 3 heterocycles. The molecule has 0 aliphatic rings. The van der Waals surface area contributed by atoms with Crippen LogP contribution in [-0.4, -0.2) is 19.5 Å². The summed E-state index contributed by atoms with van der Waals surface area (Å²) in [6.07, 6.45) is 7.31. The molecule has 3 aromatic heterocycles. The van der Waals surface area contributed by atoms with E-state index in [1.54, 1.807) is 0 Å². The molecule has 24 heavy (non-hydrogen) atoms. The van der Waals surface area contributed by atoms with Gasteiger partial charge in [-0.25, -0.2) is 4.98 Å². The minimum absolute atomic E-state index is 0.909. The highest BCUT2D eigenvalue weighted by atomic mass is 15.1. The van der Waals surface area contributed by atoms with E-state index < -0.39 is 0 Å². The maximum absolute atomic E-state index is 4.74. The highest BCUT2D eigenvalue weighted by Gasteiger charge is 2.14. The molecule has 0 unspecified atom stereocenters. The molecule has 118 valence electrons. The highest BCUT2D eigenvalue weighted by Crippen LogP contribution is 2.35. The average molecular weight is 314 g/mol. The molecule has 0 bridgehead atoms. The molecule has 0 aliphatic heterocycles. The van der Waals surface area contributed by atoms with Crippen LogP contribution >= 0.6 is 0 Å². The monoisotopic (exact) mass is 314 g/mol. The van der Waals surface area contributed by atoms with Crippen molar-refractivity contribution in [3.63, 3.8) is 0 Å². The second-order valence-corrected chi connectivity index (χ2v) is 5.76. The van der Waals surface area contributed by atoms with E-state index in [2.05, 4.69) is 40.5 Å². The molecule has 0 atom stereocenters. The lowest BCUT2D eigenvalue weighted by molar-refractivity contribution is 0.753. The zero-order chi connectivity index (χ0) is 16.5. The van der Waals surface area contributed by atoms with Crippen LogP contribution in [0.2, 0.25) is 0 Å². The van der Waals surface area contributed by atoms with E-state index in [4.69, 9.17) is 4.98 Å². The molecule has 0 aliphatic carbocycles. The summed E-state index contributed by atoms with van der Waals surface area (Å²) in [5.74, 6) is 1.04. The SMILES string of the molecule is CCn1c(C)nc2cc(-c3ccncc3)c(-c3ccncc3)cc21. The Kier molecular flexibility index (Phi) is 3.58. The van der Waals surface area contributed by atoms with Crippen LogP contribution in [0.15, 0.2) is 61.2 Å². The maximum Gasteiger partial charge on any atom is 0.106 e. The third-order valence-corrected chi connectivity index (χ3v) is 4.38. The molecule has 0 amide bonds. The Bertz CT molecular complexity index is 989. The Morgan fingerprint density at radius 1 is 0.833 bits per heavy atom. The van der Waals surface area contributed by atoms with Gasteiger partial charge in [0.15, 0.2) is 0 Å². The molecule has 4 aromatic rings. The third-order valence-electron chi connectivity index (χ3n) is 4.38. The van der Waals surface area contributed by atoms with Crippen LogP contribution in [0.3, 0.4) is 0 Å². The topological polar surface area (TPSA) is 43.6 Å². The average Bonchev–Trinajstić information content (AvgIpc) is 2.96. The van der Waals surface area contributed by atoms with Crippen molar-refractivity contribution < 1.29 is 0 Å². The molecule has 0 spiro atoms. The molecule has 0 fully saturated rings. The lowest BCUT2D eigenvalue weighted by Crippen LogP contribution is -1.96. The number of aryl methyl sites for hydroxylation is 2. The van der Waals surface area contributed by atoms with Crippen molar-refractivity contribution in [2.24, 2.45) is 0 Å². The zero-order valence-corrected chi connectivity index (χ0v) is 13.8. The predicted octanol–water partition coefficient (Wildman–Crippen LogP) is 4.49. The van der Waals surface area contributed by atoms with E-state index in [0.717, 1.165) is 34.6 Å². The number of benzene rings is 1. The smallest absolute Gasteiger partial charge is 0.106 e. The summed E-state index contributed by atoms with van der Waals surface area (Å²) < 4.78 is 2.25. The molecule has 4 heteroatoms. The van der Waals surface area contributed by atoms with Crippen LogP contribution in [-0.2, 0) is 6.54 Å². The van der Waals surface area contributed by atoms with Gasteiger partial charge in [0.25, 0.3) is 0 Å². The van der Waals surface area contributed by atoms with Gasteiger partial charge in [0.05, 0.1) is 11.0 Å². The first-order valence-electron chi connectivity index (χ1n) is 8.09. The molecule has 0 radical (unpaired) electrons. The molecule has 4 rings (SSSR count). The van der Waals surface area contributed by atoms with Crippen molar-refractivity contribution in [1.29, 1.82) is 0 Å². The number of pyridine rings is 2. The number of hydrogen-bond donors (Lipinski definition) is 0. The van der Waals surface area contributed by atoms with Crippen molar-refractivity contribution >= 4 is 11.0 Å². The van der Waals surface area contributed by atoms with Gasteiger partial charge >= 0.3 is 0 Å². The molecule has 1 aromatic carbocycles. The van der Waals surface area contributed by atoms with E-state index in [1.807, 2.05) is 49.1 Å². The van der Waals surface area contributed by atoms with Gasteiger partial charge in [-0.2, -0.15) is 0 Å². The predicted molar refractivity (Wildman–Crippen MR) is 96.6 cm³/mol. The van der Waals surface area contributed by atoms with Gasteiger partial charge in [-0.3, -0.25) is 9.97 Å². The fourth-order valence-electron chi connectivity index (χ4n) is 3.23. The van der Waals surface area contributed by atoms with Crippen molar-refractivity contribution in [3.8, 4) is 22.3 Å².